The van der Waals surface area contributed by atoms with Crippen molar-refractivity contribution in [1.29, 1.82) is 0 Å². The smallest absolute Gasteiger partial charge is 0.243 e. The summed E-state index contributed by atoms with van der Waals surface area (Å²) < 4.78 is 27.1. The second-order valence-corrected chi connectivity index (χ2v) is 8.92. The SMILES string of the molecule is CC1=CC(NNC(=O)[C@@H]2CCCN(S(=O)(=O)c3ccc(C)cc3)C2)=CC1. The number of hydrazine groups is 1. The van der Waals surface area contributed by atoms with E-state index in [4.69, 9.17) is 0 Å². The first-order valence-corrected chi connectivity index (χ1v) is 10.3. The molecule has 0 radical (unpaired) electrons. The van der Waals surface area contributed by atoms with Crippen molar-refractivity contribution in [2.45, 2.75) is 38.0 Å². The molecular formula is C19H25N3O3S. The number of amides is 1. The second-order valence-electron chi connectivity index (χ2n) is 6.98. The Balaban J connectivity index is 1.63. The van der Waals surface area contributed by atoms with Gasteiger partial charge in [-0.25, -0.2) is 8.42 Å². The van der Waals surface area contributed by atoms with Crippen molar-refractivity contribution in [3.8, 4) is 0 Å². The molecule has 1 aromatic carbocycles. The van der Waals surface area contributed by atoms with Gasteiger partial charge < -0.3 is 0 Å². The van der Waals surface area contributed by atoms with Crippen molar-refractivity contribution in [3.05, 3.63) is 53.3 Å². The Labute approximate surface area is 155 Å². The molecule has 1 aliphatic carbocycles. The Bertz CT molecular complexity index is 841. The van der Waals surface area contributed by atoms with E-state index in [1.807, 2.05) is 26.0 Å². The molecule has 1 saturated heterocycles. The Morgan fingerprint density at radius 1 is 1.19 bits per heavy atom. The molecule has 6 nitrogen and oxygen atoms in total. The molecule has 3 rings (SSSR count). The lowest BCUT2D eigenvalue weighted by atomic mass is 9.99. The van der Waals surface area contributed by atoms with Crippen LogP contribution >= 0.6 is 0 Å². The molecule has 0 spiro atoms. The molecule has 1 aliphatic heterocycles. The molecule has 2 N–H and O–H groups in total. The largest absolute Gasteiger partial charge is 0.299 e. The van der Waals surface area contributed by atoms with Gasteiger partial charge in [-0.05, 0) is 51.3 Å². The van der Waals surface area contributed by atoms with Gasteiger partial charge in [-0.1, -0.05) is 29.3 Å². The van der Waals surface area contributed by atoms with E-state index >= 15 is 0 Å². The minimum atomic E-state index is -3.57. The van der Waals surface area contributed by atoms with Crippen LogP contribution in [0.5, 0.6) is 0 Å². The average molecular weight is 375 g/mol. The summed E-state index contributed by atoms with van der Waals surface area (Å²) in [6.45, 7) is 4.60. The van der Waals surface area contributed by atoms with E-state index in [2.05, 4.69) is 10.9 Å². The summed E-state index contributed by atoms with van der Waals surface area (Å²) in [5.41, 5.74) is 8.74. The van der Waals surface area contributed by atoms with E-state index in [1.54, 1.807) is 24.3 Å². The van der Waals surface area contributed by atoms with Crippen LogP contribution in [0.3, 0.4) is 0 Å². The standard InChI is InChI=1S/C19H25N3O3S/c1-14-6-9-18(10-7-14)26(24,25)22-11-3-4-16(13-22)19(23)21-20-17-8-5-15(2)12-17/h6-10,12,16,20H,3-5,11,13H2,1-2H3,(H,21,23)/t16-/m1/s1. The Morgan fingerprint density at radius 3 is 2.58 bits per heavy atom. The number of hydrogen-bond acceptors (Lipinski definition) is 4. The number of rotatable bonds is 5. The molecular weight excluding hydrogens is 350 g/mol. The van der Waals surface area contributed by atoms with Crippen LogP contribution < -0.4 is 10.9 Å². The van der Waals surface area contributed by atoms with Crippen LogP contribution in [0.4, 0.5) is 0 Å². The van der Waals surface area contributed by atoms with Gasteiger partial charge in [-0.15, -0.1) is 0 Å². The molecule has 1 atom stereocenters. The van der Waals surface area contributed by atoms with Crippen molar-refractivity contribution >= 4 is 15.9 Å². The zero-order chi connectivity index (χ0) is 18.7. The van der Waals surface area contributed by atoms with Gasteiger partial charge in [0, 0.05) is 13.1 Å². The lowest BCUT2D eigenvalue weighted by Crippen LogP contribution is -2.48. The predicted octanol–water partition coefficient (Wildman–Crippen LogP) is 2.25. The van der Waals surface area contributed by atoms with Crippen LogP contribution in [0.2, 0.25) is 0 Å². The van der Waals surface area contributed by atoms with E-state index < -0.39 is 10.0 Å². The monoisotopic (exact) mass is 375 g/mol. The third-order valence-electron chi connectivity index (χ3n) is 4.79. The highest BCUT2D eigenvalue weighted by atomic mass is 32.2. The van der Waals surface area contributed by atoms with Gasteiger partial charge in [-0.3, -0.25) is 15.6 Å². The van der Waals surface area contributed by atoms with Crippen molar-refractivity contribution in [2.75, 3.05) is 13.1 Å². The summed E-state index contributed by atoms with van der Waals surface area (Å²) in [4.78, 5) is 12.7. The Hall–Kier alpha value is -2.12. The fraction of sp³-hybridized carbons (Fsp3) is 0.421. The summed E-state index contributed by atoms with van der Waals surface area (Å²) in [5, 5.41) is 0. The molecule has 1 heterocycles. The van der Waals surface area contributed by atoms with Gasteiger partial charge in [0.1, 0.15) is 0 Å². The van der Waals surface area contributed by atoms with Crippen molar-refractivity contribution in [1.82, 2.24) is 15.2 Å². The number of carbonyl (C=O) groups is 1. The fourth-order valence-electron chi connectivity index (χ4n) is 3.21. The average Bonchev–Trinajstić information content (AvgIpc) is 3.05. The molecule has 0 saturated carbocycles. The topological polar surface area (TPSA) is 78.5 Å². The number of piperidine rings is 1. The molecule has 26 heavy (non-hydrogen) atoms. The highest BCUT2D eigenvalue weighted by Crippen LogP contribution is 2.24. The first-order chi connectivity index (χ1) is 12.4. The van der Waals surface area contributed by atoms with Gasteiger partial charge in [0.2, 0.25) is 15.9 Å². The van der Waals surface area contributed by atoms with E-state index in [0.29, 0.717) is 19.4 Å². The molecule has 0 unspecified atom stereocenters. The maximum absolute atomic E-state index is 12.8. The Kier molecular flexibility index (Phi) is 5.48. The normalized spacial score (nSPS) is 21.1. The molecule has 2 aliphatic rings. The molecule has 0 bridgehead atoms. The van der Waals surface area contributed by atoms with E-state index in [9.17, 15) is 13.2 Å². The number of aryl methyl sites for hydroxylation is 1. The first kappa shape index (κ1) is 18.7. The third-order valence-corrected chi connectivity index (χ3v) is 6.67. The van der Waals surface area contributed by atoms with Crippen LogP contribution in [0.15, 0.2) is 52.6 Å². The van der Waals surface area contributed by atoms with Crippen LogP contribution in [0, 0.1) is 12.8 Å². The fourth-order valence-corrected chi connectivity index (χ4v) is 4.74. The second kappa shape index (κ2) is 7.63. The van der Waals surface area contributed by atoms with Gasteiger partial charge in [0.25, 0.3) is 0 Å². The number of sulfonamides is 1. The molecule has 1 aromatic rings. The highest BCUT2D eigenvalue weighted by Gasteiger charge is 2.33. The maximum atomic E-state index is 12.8. The molecule has 1 fully saturated rings. The molecule has 140 valence electrons. The quantitative estimate of drug-likeness (QED) is 0.774. The van der Waals surface area contributed by atoms with Crippen molar-refractivity contribution in [2.24, 2.45) is 5.92 Å². The van der Waals surface area contributed by atoms with Gasteiger partial charge >= 0.3 is 0 Å². The molecule has 0 aromatic heterocycles. The highest BCUT2D eigenvalue weighted by molar-refractivity contribution is 7.89. The van der Waals surface area contributed by atoms with E-state index in [1.165, 1.54) is 9.88 Å². The minimum absolute atomic E-state index is 0.173. The summed E-state index contributed by atoms with van der Waals surface area (Å²) in [5.74, 6) is -0.531. The zero-order valence-electron chi connectivity index (χ0n) is 15.2. The minimum Gasteiger partial charge on any atom is -0.299 e. The molecule has 1 amide bonds. The number of nitrogens with one attached hydrogen (secondary N) is 2. The lowest BCUT2D eigenvalue weighted by Gasteiger charge is -2.31. The summed E-state index contributed by atoms with van der Waals surface area (Å²) >= 11 is 0. The number of nitrogens with zero attached hydrogens (tertiary/aromatic N) is 1. The number of benzene rings is 1. The molecule has 7 heteroatoms. The van der Waals surface area contributed by atoms with E-state index in [-0.39, 0.29) is 23.3 Å². The van der Waals surface area contributed by atoms with Crippen LogP contribution in [0.25, 0.3) is 0 Å². The number of hydrogen-bond donors (Lipinski definition) is 2. The van der Waals surface area contributed by atoms with Crippen molar-refractivity contribution in [3.63, 3.8) is 0 Å². The third kappa shape index (κ3) is 4.16. The maximum Gasteiger partial charge on any atom is 0.243 e. The van der Waals surface area contributed by atoms with Crippen LogP contribution in [-0.2, 0) is 14.8 Å². The summed E-state index contributed by atoms with van der Waals surface area (Å²) in [6.07, 6.45) is 6.22. The lowest BCUT2D eigenvalue weighted by molar-refractivity contribution is -0.126. The Morgan fingerprint density at radius 2 is 1.92 bits per heavy atom. The van der Waals surface area contributed by atoms with Crippen LogP contribution in [0.1, 0.15) is 31.7 Å². The summed E-state index contributed by atoms with van der Waals surface area (Å²) in [7, 11) is -3.57. The predicted molar refractivity (Wildman–Crippen MR) is 100 cm³/mol. The number of allylic oxidation sites excluding steroid dienone is 3. The van der Waals surface area contributed by atoms with Crippen LogP contribution in [-0.4, -0.2) is 31.7 Å². The van der Waals surface area contributed by atoms with Gasteiger partial charge in [-0.2, -0.15) is 4.31 Å². The van der Waals surface area contributed by atoms with Gasteiger partial charge in [0.15, 0.2) is 0 Å². The summed E-state index contributed by atoms with van der Waals surface area (Å²) in [6, 6.07) is 6.82. The first-order valence-electron chi connectivity index (χ1n) is 8.86. The van der Waals surface area contributed by atoms with Crippen molar-refractivity contribution < 1.29 is 13.2 Å². The number of carbonyl (C=O) groups excluding carboxylic acids is 1. The zero-order valence-corrected chi connectivity index (χ0v) is 16.0. The van der Waals surface area contributed by atoms with Gasteiger partial charge in [0.05, 0.1) is 16.5 Å². The van der Waals surface area contributed by atoms with E-state index in [0.717, 1.165) is 17.7 Å².